The van der Waals surface area contributed by atoms with E-state index in [1.165, 1.54) is 37.8 Å². The van der Waals surface area contributed by atoms with E-state index >= 15 is 0 Å². The number of para-hydroxylation sites is 2. The summed E-state index contributed by atoms with van der Waals surface area (Å²) in [6, 6.07) is 23.4. The summed E-state index contributed by atoms with van der Waals surface area (Å²) >= 11 is 0. The Bertz CT molecular complexity index is 1950. The van der Waals surface area contributed by atoms with Gasteiger partial charge in [-0.15, -0.1) is 0 Å². The van der Waals surface area contributed by atoms with Crippen LogP contribution in [0.3, 0.4) is 0 Å². The molecule has 64 heavy (non-hydrogen) atoms. The second kappa shape index (κ2) is 32.6. The van der Waals surface area contributed by atoms with Gasteiger partial charge in [-0.2, -0.15) is 0 Å². The molecule has 352 valence electrons. The van der Waals surface area contributed by atoms with Crippen molar-refractivity contribution in [3.63, 3.8) is 0 Å². The summed E-state index contributed by atoms with van der Waals surface area (Å²) in [5.74, 6) is -4.94. The Morgan fingerprint density at radius 1 is 0.484 bits per heavy atom. The molecule has 0 fully saturated rings. The summed E-state index contributed by atoms with van der Waals surface area (Å²) < 4.78 is 0. The van der Waals surface area contributed by atoms with Crippen LogP contribution in [0.25, 0.3) is 0 Å². The van der Waals surface area contributed by atoms with E-state index < -0.39 is 34.9 Å². The average molecular weight is 972 g/mol. The van der Waals surface area contributed by atoms with Gasteiger partial charge in [-0.3, -0.25) is 9.98 Å². The van der Waals surface area contributed by atoms with Crippen molar-refractivity contribution in [2.24, 2.45) is 9.98 Å². The predicted octanol–water partition coefficient (Wildman–Crippen LogP) is 13.0. The van der Waals surface area contributed by atoms with Crippen molar-refractivity contribution in [2.75, 3.05) is 0 Å². The summed E-state index contributed by atoms with van der Waals surface area (Å²) in [6.45, 7) is 12.6. The summed E-state index contributed by atoms with van der Waals surface area (Å²) in [5, 5.41) is 61.2. The number of aliphatic imine (C=N–C) groups is 2. The van der Waals surface area contributed by atoms with Crippen LogP contribution < -0.4 is 10.2 Å². The predicted molar refractivity (Wildman–Crippen MR) is 254 cm³/mol. The van der Waals surface area contributed by atoms with Crippen LogP contribution >= 0.6 is 0 Å². The van der Waals surface area contributed by atoms with E-state index in [4.69, 9.17) is 9.98 Å². The third kappa shape index (κ3) is 19.4. The van der Waals surface area contributed by atoms with E-state index in [0.717, 1.165) is 105 Å². The molecule has 4 aromatic carbocycles. The Hall–Kier alpha value is -4.98. The maximum atomic E-state index is 11.8. The van der Waals surface area contributed by atoms with Gasteiger partial charge in [0, 0.05) is 0 Å². The first kappa shape index (κ1) is 57.0. The van der Waals surface area contributed by atoms with Crippen LogP contribution in [0.1, 0.15) is 181 Å². The van der Waals surface area contributed by atoms with Crippen LogP contribution in [-0.4, -0.2) is 43.8 Å². The zero-order valence-electron chi connectivity index (χ0n) is 39.0. The molecule has 0 unspecified atom stereocenters. The molecule has 4 N–H and O–H groups in total. The monoisotopic (exact) mass is 970 g/mol. The number of rotatable bonds is 24. The molecular formula is C53H72N2O8Pd. The fourth-order valence-corrected chi connectivity index (χ4v) is 7.33. The van der Waals surface area contributed by atoms with Crippen molar-refractivity contribution < 1.29 is 60.7 Å². The molecule has 4 aromatic rings. The van der Waals surface area contributed by atoms with Gasteiger partial charge in [-0.1, -0.05) is 147 Å². The van der Waals surface area contributed by atoms with Crippen molar-refractivity contribution >= 4 is 34.7 Å². The molecule has 0 atom stereocenters. The standard InChI is InChI=1S/C23H30N2.2C15H22O4.Pd/c1-3-5-9-19-23(25-21-16-12-8-13-17-21)22(18-6-4-2)24-20-14-10-7-11-15-20;2*1-3-5-6-8-11-10(7-4-2)9-12(16)14(17)13(11)15(18)19;/h7-8,10-17H,3-6,9,18-19H2,1-2H3;2*9,16-17H,3-8H2,1-2H3,(H,18,19);/q;;;+2/p-2. The van der Waals surface area contributed by atoms with Gasteiger partial charge in [0.1, 0.15) is 11.5 Å². The van der Waals surface area contributed by atoms with Crippen molar-refractivity contribution in [2.45, 2.75) is 164 Å². The van der Waals surface area contributed by atoms with Gasteiger partial charge in [-0.05, 0) is 123 Å². The van der Waals surface area contributed by atoms with Gasteiger partial charge in [0.05, 0.1) is 33.9 Å². The largest absolute Gasteiger partial charge is 2.00 e. The Morgan fingerprint density at radius 3 is 1.16 bits per heavy atom. The molecule has 4 rings (SSSR count). The molecule has 10 nitrogen and oxygen atoms in total. The third-order valence-corrected chi connectivity index (χ3v) is 10.6. The van der Waals surface area contributed by atoms with E-state index in [1.807, 2.05) is 50.2 Å². The number of carboxylic acids is 2. The maximum Gasteiger partial charge on any atom is 2.00 e. The summed E-state index contributed by atoms with van der Waals surface area (Å²) in [7, 11) is 0. The van der Waals surface area contributed by atoms with E-state index in [-0.39, 0.29) is 31.5 Å². The molecule has 0 radical (unpaired) electrons. The number of aromatic hydroxyl groups is 2. The first-order valence-corrected chi connectivity index (χ1v) is 23.2. The number of hydrogen-bond acceptors (Lipinski definition) is 8. The number of nitrogens with zero attached hydrogens (tertiary/aromatic N) is 2. The molecule has 0 saturated carbocycles. The maximum absolute atomic E-state index is 11.8. The summed E-state index contributed by atoms with van der Waals surface area (Å²) in [4.78, 5) is 32.5. The molecule has 0 bridgehead atoms. The van der Waals surface area contributed by atoms with Gasteiger partial charge in [-0.25, -0.2) is 9.59 Å². The number of aryl methyl sites for hydroxylation is 2. The Kier molecular flexibility index (Phi) is 29.1. The number of carboxylic acid groups (broad SMARTS) is 2. The number of unbranched alkanes of at least 4 members (excludes halogenated alkanes) is 7. The topological polar surface area (TPSA) is 186 Å². The Morgan fingerprint density at radius 2 is 0.828 bits per heavy atom. The third-order valence-electron chi connectivity index (χ3n) is 10.6. The molecule has 0 spiro atoms. The SMILES string of the molecule is CCCCCC(=Nc1ccccc1)C(CCCC)=Nc1ccccc1.CCCCCc1c(CCC)cc(O)c([O-])c1C(=O)O.CCCCCc1c(CCC)cc(O)c([O-])c1C(=O)O.[Pd+2]. The van der Waals surface area contributed by atoms with Crippen molar-refractivity contribution in [3.8, 4) is 23.0 Å². The van der Waals surface area contributed by atoms with Crippen LogP contribution in [0.15, 0.2) is 82.8 Å². The van der Waals surface area contributed by atoms with E-state index in [9.17, 15) is 40.2 Å². The van der Waals surface area contributed by atoms with Crippen molar-refractivity contribution in [1.29, 1.82) is 0 Å². The number of phenolic OH excluding ortho intramolecular Hbond substituents is 2. The van der Waals surface area contributed by atoms with Crippen molar-refractivity contribution in [1.82, 2.24) is 0 Å². The quantitative estimate of drug-likeness (QED) is 0.0303. The smallest absolute Gasteiger partial charge is 0.869 e. The van der Waals surface area contributed by atoms with Crippen LogP contribution in [0.2, 0.25) is 0 Å². The van der Waals surface area contributed by atoms with E-state index in [1.54, 1.807) is 0 Å². The van der Waals surface area contributed by atoms with Crippen LogP contribution in [0.5, 0.6) is 23.0 Å². The first-order chi connectivity index (χ1) is 30.4. The number of aromatic carboxylic acids is 2. The number of phenols is 2. The minimum Gasteiger partial charge on any atom is -0.869 e. The first-order valence-electron chi connectivity index (χ1n) is 23.2. The van der Waals surface area contributed by atoms with E-state index in [2.05, 4.69) is 52.0 Å². The summed E-state index contributed by atoms with van der Waals surface area (Å²) in [5.41, 5.74) is 6.61. The van der Waals surface area contributed by atoms with Crippen molar-refractivity contribution in [3.05, 3.63) is 106 Å². The molecule has 0 heterocycles. The van der Waals surface area contributed by atoms with Gasteiger partial charge in [0.2, 0.25) is 0 Å². The number of carbonyl (C=O) groups is 2. The molecule has 0 aromatic heterocycles. The molecule has 0 saturated heterocycles. The second-order valence-corrected chi connectivity index (χ2v) is 15.8. The normalized spacial score (nSPS) is 11.2. The number of benzene rings is 4. The molecular weight excluding hydrogens is 899 g/mol. The Balaban J connectivity index is 0.000000484. The molecule has 0 aliphatic rings. The molecule has 0 aliphatic carbocycles. The summed E-state index contributed by atoms with van der Waals surface area (Å²) in [6.07, 6.45) is 17.9. The van der Waals surface area contributed by atoms with E-state index in [0.29, 0.717) is 36.8 Å². The van der Waals surface area contributed by atoms with Crippen LogP contribution in [0, 0.1) is 0 Å². The minimum atomic E-state index is -1.25. The zero-order chi connectivity index (χ0) is 46.6. The van der Waals surface area contributed by atoms with Crippen LogP contribution in [0.4, 0.5) is 11.4 Å². The van der Waals surface area contributed by atoms with Gasteiger partial charge >= 0.3 is 32.4 Å². The van der Waals surface area contributed by atoms with Gasteiger partial charge in [0.25, 0.3) is 0 Å². The molecule has 0 aliphatic heterocycles. The zero-order valence-corrected chi connectivity index (χ0v) is 40.6. The van der Waals surface area contributed by atoms with Crippen LogP contribution in [-0.2, 0) is 46.1 Å². The number of hydrogen-bond donors (Lipinski definition) is 4. The van der Waals surface area contributed by atoms with Gasteiger partial charge < -0.3 is 30.6 Å². The van der Waals surface area contributed by atoms with Gasteiger partial charge in [0.15, 0.2) is 0 Å². The average Bonchev–Trinajstić information content (AvgIpc) is 3.26. The minimum absolute atomic E-state index is 0. The molecule has 11 heteroatoms. The fraction of sp³-hybridized carbons (Fsp3) is 0.472. The Labute approximate surface area is 396 Å². The second-order valence-electron chi connectivity index (χ2n) is 15.8. The molecule has 0 amide bonds. The fourth-order valence-electron chi connectivity index (χ4n) is 7.33.